The summed E-state index contributed by atoms with van der Waals surface area (Å²) in [5.74, 6) is -2.72. The van der Waals surface area contributed by atoms with E-state index in [4.69, 9.17) is 0 Å². The van der Waals surface area contributed by atoms with Crippen LogP contribution in [0.1, 0.15) is 5.56 Å². The monoisotopic (exact) mass is 281 g/mol. The minimum atomic E-state index is -1.09. The van der Waals surface area contributed by atoms with Crippen molar-refractivity contribution in [2.45, 2.75) is 12.5 Å². The zero-order valence-corrected chi connectivity index (χ0v) is 11.1. The number of ether oxygens (including phenoxy) is 2. The van der Waals surface area contributed by atoms with Crippen LogP contribution in [0.25, 0.3) is 0 Å². The Morgan fingerprint density at radius 3 is 2.25 bits per heavy atom. The fourth-order valence-corrected chi connectivity index (χ4v) is 1.51. The minimum Gasteiger partial charge on any atom is -0.508 e. The van der Waals surface area contributed by atoms with E-state index in [1.54, 1.807) is 12.1 Å². The van der Waals surface area contributed by atoms with E-state index in [9.17, 15) is 19.5 Å². The molecule has 0 aliphatic rings. The van der Waals surface area contributed by atoms with Gasteiger partial charge in [-0.15, -0.1) is 0 Å². The summed E-state index contributed by atoms with van der Waals surface area (Å²) in [5.41, 5.74) is 0.684. The van der Waals surface area contributed by atoms with Crippen LogP contribution in [0.2, 0.25) is 0 Å². The summed E-state index contributed by atoms with van der Waals surface area (Å²) in [6.45, 7) is 0. The van der Waals surface area contributed by atoms with Crippen molar-refractivity contribution in [1.29, 1.82) is 0 Å². The average molecular weight is 281 g/mol. The number of nitrogens with one attached hydrogen (secondary N) is 1. The Bertz CT molecular complexity index is 496. The summed E-state index contributed by atoms with van der Waals surface area (Å²) in [5, 5.41) is 11.4. The number of amides is 1. The first-order valence-corrected chi connectivity index (χ1v) is 5.72. The number of hydrogen-bond acceptors (Lipinski definition) is 6. The molecule has 0 fully saturated rings. The number of hydrogen-bond donors (Lipinski definition) is 2. The summed E-state index contributed by atoms with van der Waals surface area (Å²) >= 11 is 0. The zero-order valence-electron chi connectivity index (χ0n) is 11.1. The van der Waals surface area contributed by atoms with Crippen LogP contribution >= 0.6 is 0 Å². The number of methoxy groups -OCH3 is 2. The molecule has 0 radical (unpaired) electrons. The highest BCUT2D eigenvalue weighted by Gasteiger charge is 2.25. The maximum atomic E-state index is 11.6. The second-order valence-corrected chi connectivity index (χ2v) is 3.91. The third-order valence-electron chi connectivity index (χ3n) is 2.54. The fourth-order valence-electron chi connectivity index (χ4n) is 1.51. The minimum absolute atomic E-state index is 0.0852. The maximum absolute atomic E-state index is 11.6. The Balaban J connectivity index is 2.79. The Kier molecular flexibility index (Phi) is 5.52. The Morgan fingerprint density at radius 2 is 1.75 bits per heavy atom. The zero-order chi connectivity index (χ0) is 15.1. The van der Waals surface area contributed by atoms with Gasteiger partial charge in [0.05, 0.1) is 14.2 Å². The molecule has 108 valence electrons. The standard InChI is InChI=1S/C13H15NO6/c1-19-12(17)10(14-11(16)13(18)20-2)7-8-3-5-9(15)6-4-8/h3-6,10,15H,7H2,1-2H3,(H,14,16)/t10-/m0/s1. The van der Waals surface area contributed by atoms with E-state index in [1.807, 2.05) is 0 Å². The van der Waals surface area contributed by atoms with E-state index < -0.39 is 23.9 Å². The quantitative estimate of drug-likeness (QED) is 0.583. The van der Waals surface area contributed by atoms with E-state index in [0.717, 1.165) is 7.11 Å². The summed E-state index contributed by atoms with van der Waals surface area (Å²) in [6, 6.07) is 5.07. The van der Waals surface area contributed by atoms with Crippen molar-refractivity contribution in [3.8, 4) is 5.75 Å². The second-order valence-electron chi connectivity index (χ2n) is 3.91. The van der Waals surface area contributed by atoms with Gasteiger partial charge in [0, 0.05) is 6.42 Å². The number of phenolic OH excluding ortho intramolecular Hbond substituents is 1. The van der Waals surface area contributed by atoms with Crippen molar-refractivity contribution in [1.82, 2.24) is 5.32 Å². The first kappa shape index (κ1) is 15.5. The van der Waals surface area contributed by atoms with Crippen molar-refractivity contribution < 1.29 is 29.0 Å². The van der Waals surface area contributed by atoms with Crippen LogP contribution in [0.15, 0.2) is 24.3 Å². The molecule has 7 nitrogen and oxygen atoms in total. The van der Waals surface area contributed by atoms with E-state index in [-0.39, 0.29) is 12.2 Å². The lowest BCUT2D eigenvalue weighted by atomic mass is 10.1. The number of carbonyl (C=O) groups is 3. The highest BCUT2D eigenvalue weighted by molar-refractivity contribution is 6.32. The van der Waals surface area contributed by atoms with E-state index in [0.29, 0.717) is 5.56 Å². The van der Waals surface area contributed by atoms with Gasteiger partial charge in [0.15, 0.2) is 0 Å². The van der Waals surface area contributed by atoms with Crippen molar-refractivity contribution in [2.75, 3.05) is 14.2 Å². The lowest BCUT2D eigenvalue weighted by Gasteiger charge is -2.15. The second kappa shape index (κ2) is 7.13. The molecule has 1 aromatic rings. The van der Waals surface area contributed by atoms with E-state index in [2.05, 4.69) is 14.8 Å². The summed E-state index contributed by atoms with van der Waals surface area (Å²) in [7, 11) is 2.24. The molecule has 2 N–H and O–H groups in total. The molecule has 1 atom stereocenters. The Morgan fingerprint density at radius 1 is 1.15 bits per heavy atom. The van der Waals surface area contributed by atoms with Gasteiger partial charge >= 0.3 is 17.8 Å². The molecular weight excluding hydrogens is 266 g/mol. The van der Waals surface area contributed by atoms with E-state index in [1.165, 1.54) is 19.2 Å². The summed E-state index contributed by atoms with van der Waals surface area (Å²) in [6.07, 6.45) is 0.121. The number of phenols is 1. The molecule has 0 aliphatic carbocycles. The number of benzene rings is 1. The highest BCUT2D eigenvalue weighted by Crippen LogP contribution is 2.11. The first-order chi connectivity index (χ1) is 9.47. The van der Waals surface area contributed by atoms with Gasteiger partial charge in [0.25, 0.3) is 0 Å². The van der Waals surface area contributed by atoms with E-state index >= 15 is 0 Å². The van der Waals surface area contributed by atoms with Crippen LogP contribution < -0.4 is 5.32 Å². The Hall–Kier alpha value is -2.57. The molecule has 0 saturated heterocycles. The molecule has 1 aromatic carbocycles. The molecule has 1 rings (SSSR count). The SMILES string of the molecule is COC(=O)C(=O)N[C@@H](Cc1ccc(O)cc1)C(=O)OC. The van der Waals surface area contributed by atoms with Crippen molar-refractivity contribution in [2.24, 2.45) is 0 Å². The first-order valence-electron chi connectivity index (χ1n) is 5.72. The summed E-state index contributed by atoms with van der Waals surface area (Å²) in [4.78, 5) is 34.0. The molecule has 0 saturated carbocycles. The number of rotatable bonds is 4. The lowest BCUT2D eigenvalue weighted by Crippen LogP contribution is -2.46. The molecule has 0 unspecified atom stereocenters. The van der Waals surface area contributed by atoms with Crippen LogP contribution in [0.3, 0.4) is 0 Å². The predicted molar refractivity (Wildman–Crippen MR) is 67.8 cm³/mol. The molecule has 0 spiro atoms. The van der Waals surface area contributed by atoms with Crippen LogP contribution in [0, 0.1) is 0 Å². The average Bonchev–Trinajstić information content (AvgIpc) is 2.46. The molecule has 0 bridgehead atoms. The van der Waals surface area contributed by atoms with Crippen molar-refractivity contribution in [3.05, 3.63) is 29.8 Å². The van der Waals surface area contributed by atoms with Gasteiger partial charge in [-0.3, -0.25) is 4.79 Å². The Labute approximate surface area is 115 Å². The molecule has 1 amide bonds. The number of esters is 2. The molecule has 20 heavy (non-hydrogen) atoms. The van der Waals surface area contributed by atoms with Crippen LogP contribution in [0.5, 0.6) is 5.75 Å². The highest BCUT2D eigenvalue weighted by atomic mass is 16.5. The molecule has 7 heteroatoms. The molecule has 0 aromatic heterocycles. The van der Waals surface area contributed by atoms with Crippen LogP contribution in [0.4, 0.5) is 0 Å². The van der Waals surface area contributed by atoms with Gasteiger partial charge in [0.1, 0.15) is 11.8 Å². The van der Waals surface area contributed by atoms with Crippen LogP contribution in [-0.2, 0) is 30.3 Å². The largest absolute Gasteiger partial charge is 0.508 e. The molecular formula is C13H15NO6. The van der Waals surface area contributed by atoms with Gasteiger partial charge in [0.2, 0.25) is 0 Å². The summed E-state index contributed by atoms with van der Waals surface area (Å²) < 4.78 is 8.82. The van der Waals surface area contributed by atoms with Gasteiger partial charge in [-0.2, -0.15) is 0 Å². The third kappa shape index (κ3) is 4.27. The smallest absolute Gasteiger partial charge is 0.396 e. The number of carbonyl (C=O) groups excluding carboxylic acids is 3. The molecule has 0 heterocycles. The van der Waals surface area contributed by atoms with Crippen LogP contribution in [-0.4, -0.2) is 43.2 Å². The molecule has 0 aliphatic heterocycles. The van der Waals surface area contributed by atoms with Gasteiger partial charge in [-0.1, -0.05) is 12.1 Å². The third-order valence-corrected chi connectivity index (χ3v) is 2.54. The number of aromatic hydroxyl groups is 1. The lowest BCUT2D eigenvalue weighted by molar-refractivity contribution is -0.154. The van der Waals surface area contributed by atoms with Gasteiger partial charge in [-0.05, 0) is 17.7 Å². The van der Waals surface area contributed by atoms with Gasteiger partial charge in [-0.25, -0.2) is 9.59 Å². The fraction of sp³-hybridized carbons (Fsp3) is 0.308. The topological polar surface area (TPSA) is 102 Å². The van der Waals surface area contributed by atoms with Crippen molar-refractivity contribution >= 4 is 17.8 Å². The van der Waals surface area contributed by atoms with Crippen molar-refractivity contribution in [3.63, 3.8) is 0 Å². The van der Waals surface area contributed by atoms with Gasteiger partial charge < -0.3 is 19.9 Å². The maximum Gasteiger partial charge on any atom is 0.396 e. The predicted octanol–water partition coefficient (Wildman–Crippen LogP) is -0.235. The normalized spacial score (nSPS) is 11.3.